The van der Waals surface area contributed by atoms with Gasteiger partial charge in [-0.05, 0) is 43.7 Å². The van der Waals surface area contributed by atoms with Crippen LogP contribution in [0.5, 0.6) is 5.75 Å². The van der Waals surface area contributed by atoms with Gasteiger partial charge in [0.05, 0.1) is 30.2 Å². The first-order valence-electron chi connectivity index (χ1n) is 8.96. The Balaban J connectivity index is 1.88. The van der Waals surface area contributed by atoms with Gasteiger partial charge < -0.3 is 15.0 Å². The van der Waals surface area contributed by atoms with E-state index in [0.29, 0.717) is 28.6 Å². The van der Waals surface area contributed by atoms with Crippen LogP contribution in [0.4, 0.5) is 17.1 Å². The Labute approximate surface area is 169 Å². The summed E-state index contributed by atoms with van der Waals surface area (Å²) in [4.78, 5) is 19.0. The van der Waals surface area contributed by atoms with E-state index in [0.717, 1.165) is 16.9 Å². The van der Waals surface area contributed by atoms with Crippen LogP contribution in [0.2, 0.25) is 5.02 Å². The minimum Gasteiger partial charge on any atom is -0.495 e. The van der Waals surface area contributed by atoms with Crippen LogP contribution < -0.4 is 15.0 Å². The van der Waals surface area contributed by atoms with Crippen LogP contribution >= 0.6 is 11.6 Å². The van der Waals surface area contributed by atoms with Crippen molar-refractivity contribution in [2.24, 2.45) is 0 Å². The molecule has 2 aromatic carbocycles. The van der Waals surface area contributed by atoms with Gasteiger partial charge in [-0.25, -0.2) is 0 Å². The number of aryl methyl sites for hydroxylation is 1. The molecule has 0 atom stereocenters. The summed E-state index contributed by atoms with van der Waals surface area (Å²) in [7, 11) is 1.59. The summed E-state index contributed by atoms with van der Waals surface area (Å²) >= 11 is 6.17. The molecule has 0 spiro atoms. The van der Waals surface area contributed by atoms with Crippen molar-refractivity contribution in [3.8, 4) is 5.75 Å². The Hall–Kier alpha value is -3.05. The van der Waals surface area contributed by atoms with Gasteiger partial charge in [0.25, 0.3) is 5.91 Å². The minimum absolute atomic E-state index is 0.107. The third-order valence-electron chi connectivity index (χ3n) is 4.37. The molecule has 1 heterocycles. The van der Waals surface area contributed by atoms with E-state index in [1.807, 2.05) is 50.2 Å². The van der Waals surface area contributed by atoms with Crippen LogP contribution in [-0.2, 0) is 0 Å². The number of carbonyl (C=O) groups is 1. The van der Waals surface area contributed by atoms with E-state index in [1.54, 1.807) is 36.5 Å². The summed E-state index contributed by atoms with van der Waals surface area (Å²) in [5, 5.41) is 3.90. The smallest absolute Gasteiger partial charge is 0.259 e. The van der Waals surface area contributed by atoms with Crippen molar-refractivity contribution in [3.63, 3.8) is 0 Å². The lowest BCUT2D eigenvalue weighted by Crippen LogP contribution is -2.30. The van der Waals surface area contributed by atoms with Crippen LogP contribution in [0.25, 0.3) is 0 Å². The van der Waals surface area contributed by atoms with E-state index in [9.17, 15) is 4.79 Å². The molecule has 0 saturated heterocycles. The average Bonchev–Trinajstić information content (AvgIpc) is 2.72. The monoisotopic (exact) mass is 395 g/mol. The predicted molar refractivity (Wildman–Crippen MR) is 114 cm³/mol. The summed E-state index contributed by atoms with van der Waals surface area (Å²) in [6.07, 6.45) is 3.24. The number of pyridine rings is 1. The molecule has 6 heteroatoms. The number of aromatic nitrogens is 1. The Morgan fingerprint density at radius 3 is 2.61 bits per heavy atom. The van der Waals surface area contributed by atoms with E-state index < -0.39 is 0 Å². The van der Waals surface area contributed by atoms with E-state index in [4.69, 9.17) is 16.3 Å². The van der Waals surface area contributed by atoms with E-state index in [1.165, 1.54) is 0 Å². The van der Waals surface area contributed by atoms with Crippen molar-refractivity contribution < 1.29 is 9.53 Å². The SMILES string of the molecule is CCN(C(=O)c1cncc(Nc2cc(C)c(Cl)cc2OC)c1)c1ccccc1. The molecule has 144 valence electrons. The fourth-order valence-electron chi connectivity index (χ4n) is 2.92. The maximum Gasteiger partial charge on any atom is 0.259 e. The highest BCUT2D eigenvalue weighted by molar-refractivity contribution is 6.31. The zero-order valence-corrected chi connectivity index (χ0v) is 16.8. The summed E-state index contributed by atoms with van der Waals surface area (Å²) in [6.45, 7) is 4.43. The van der Waals surface area contributed by atoms with Gasteiger partial charge in [-0.15, -0.1) is 0 Å². The number of hydrogen-bond acceptors (Lipinski definition) is 4. The van der Waals surface area contributed by atoms with Crippen molar-refractivity contribution in [2.75, 3.05) is 23.9 Å². The number of anilines is 3. The second-order valence-corrected chi connectivity index (χ2v) is 6.68. The van der Waals surface area contributed by atoms with Crippen molar-refractivity contribution in [1.29, 1.82) is 0 Å². The fraction of sp³-hybridized carbons (Fsp3) is 0.182. The van der Waals surface area contributed by atoms with Gasteiger partial charge >= 0.3 is 0 Å². The van der Waals surface area contributed by atoms with E-state index >= 15 is 0 Å². The molecule has 0 aliphatic carbocycles. The fourth-order valence-corrected chi connectivity index (χ4v) is 3.07. The normalized spacial score (nSPS) is 10.4. The first kappa shape index (κ1) is 19.7. The molecule has 1 amide bonds. The third kappa shape index (κ3) is 4.26. The Morgan fingerprint density at radius 1 is 1.18 bits per heavy atom. The van der Waals surface area contributed by atoms with Gasteiger partial charge in [-0.2, -0.15) is 0 Å². The van der Waals surface area contributed by atoms with Crippen LogP contribution in [0.15, 0.2) is 60.9 Å². The zero-order valence-electron chi connectivity index (χ0n) is 16.1. The lowest BCUT2D eigenvalue weighted by Gasteiger charge is -2.21. The number of hydrogen-bond donors (Lipinski definition) is 1. The molecule has 0 radical (unpaired) electrons. The van der Waals surface area contributed by atoms with Crippen molar-refractivity contribution in [1.82, 2.24) is 4.98 Å². The molecule has 0 saturated carbocycles. The van der Waals surface area contributed by atoms with Gasteiger partial charge in [-0.3, -0.25) is 9.78 Å². The highest BCUT2D eigenvalue weighted by Crippen LogP contribution is 2.33. The predicted octanol–water partition coefficient (Wildman–Crippen LogP) is 5.46. The molecule has 3 rings (SSSR count). The number of benzene rings is 2. The largest absolute Gasteiger partial charge is 0.495 e. The molecular weight excluding hydrogens is 374 g/mol. The number of ether oxygens (including phenoxy) is 1. The van der Waals surface area contributed by atoms with Crippen LogP contribution in [0, 0.1) is 6.92 Å². The molecular formula is C22H22ClN3O2. The molecule has 0 bridgehead atoms. The summed E-state index contributed by atoms with van der Waals surface area (Å²) in [6, 6.07) is 15.0. The summed E-state index contributed by atoms with van der Waals surface area (Å²) in [5.41, 5.74) is 3.72. The molecule has 0 aliphatic heterocycles. The molecule has 28 heavy (non-hydrogen) atoms. The van der Waals surface area contributed by atoms with Gasteiger partial charge in [0, 0.05) is 29.5 Å². The molecule has 3 aromatic rings. The lowest BCUT2D eigenvalue weighted by molar-refractivity contribution is 0.0988. The van der Waals surface area contributed by atoms with Crippen molar-refractivity contribution in [2.45, 2.75) is 13.8 Å². The quantitative estimate of drug-likeness (QED) is 0.601. The second-order valence-electron chi connectivity index (χ2n) is 6.27. The number of para-hydroxylation sites is 1. The van der Waals surface area contributed by atoms with Crippen molar-refractivity contribution in [3.05, 3.63) is 77.1 Å². The number of methoxy groups -OCH3 is 1. The maximum atomic E-state index is 13.0. The first-order chi connectivity index (χ1) is 13.5. The average molecular weight is 396 g/mol. The number of nitrogens with zero attached hydrogens (tertiary/aromatic N) is 2. The molecule has 0 fully saturated rings. The Bertz CT molecular complexity index is 977. The number of rotatable bonds is 6. The number of halogens is 1. The number of amides is 1. The van der Waals surface area contributed by atoms with E-state index in [-0.39, 0.29) is 5.91 Å². The number of carbonyl (C=O) groups excluding carboxylic acids is 1. The molecule has 0 aliphatic rings. The first-order valence-corrected chi connectivity index (χ1v) is 9.34. The maximum absolute atomic E-state index is 13.0. The van der Waals surface area contributed by atoms with Gasteiger partial charge in [0.15, 0.2) is 0 Å². The minimum atomic E-state index is -0.107. The van der Waals surface area contributed by atoms with E-state index in [2.05, 4.69) is 10.3 Å². The van der Waals surface area contributed by atoms with Crippen molar-refractivity contribution >= 4 is 34.6 Å². The molecule has 1 N–H and O–H groups in total. The van der Waals surface area contributed by atoms with Crippen LogP contribution in [0.3, 0.4) is 0 Å². The third-order valence-corrected chi connectivity index (χ3v) is 4.78. The highest BCUT2D eigenvalue weighted by Gasteiger charge is 2.17. The Morgan fingerprint density at radius 2 is 1.93 bits per heavy atom. The van der Waals surface area contributed by atoms with Gasteiger partial charge in [0.2, 0.25) is 0 Å². The van der Waals surface area contributed by atoms with Gasteiger partial charge in [0.1, 0.15) is 5.75 Å². The molecule has 1 aromatic heterocycles. The Kier molecular flexibility index (Phi) is 6.16. The van der Waals surface area contributed by atoms with Gasteiger partial charge in [-0.1, -0.05) is 29.8 Å². The molecule has 0 unspecified atom stereocenters. The second kappa shape index (κ2) is 8.76. The van der Waals surface area contributed by atoms with Crippen LogP contribution in [-0.4, -0.2) is 24.5 Å². The summed E-state index contributed by atoms with van der Waals surface area (Å²) < 4.78 is 5.40. The highest BCUT2D eigenvalue weighted by atomic mass is 35.5. The zero-order chi connectivity index (χ0) is 20.1. The lowest BCUT2D eigenvalue weighted by atomic mass is 10.1. The summed E-state index contributed by atoms with van der Waals surface area (Å²) in [5.74, 6) is 0.510. The van der Waals surface area contributed by atoms with Crippen LogP contribution in [0.1, 0.15) is 22.8 Å². The molecule has 5 nitrogen and oxygen atoms in total. The topological polar surface area (TPSA) is 54.5 Å². The number of nitrogens with one attached hydrogen (secondary N) is 1. The standard InChI is InChI=1S/C22H22ClN3O2/c1-4-26(18-8-6-5-7-9-18)22(27)16-11-17(14-24-13-16)25-20-10-15(2)19(23)12-21(20)28-3/h5-14,25H,4H2,1-3H3.